The van der Waals surface area contributed by atoms with E-state index < -0.39 is 11.5 Å². The molecule has 0 aromatic carbocycles. The van der Waals surface area contributed by atoms with Gasteiger partial charge in [0.25, 0.3) is 0 Å². The van der Waals surface area contributed by atoms with Crippen molar-refractivity contribution in [1.29, 1.82) is 0 Å². The van der Waals surface area contributed by atoms with Gasteiger partial charge < -0.3 is 9.84 Å². The molecule has 0 saturated carbocycles. The number of ether oxygens (including phenoxy) is 1. The minimum Gasteiger partial charge on any atom is -0.480 e. The van der Waals surface area contributed by atoms with Gasteiger partial charge >= 0.3 is 5.97 Å². The van der Waals surface area contributed by atoms with Crippen LogP contribution in [0.1, 0.15) is 34.1 Å². The van der Waals surface area contributed by atoms with Crippen LogP contribution in [0.4, 0.5) is 0 Å². The van der Waals surface area contributed by atoms with E-state index in [-0.39, 0.29) is 6.10 Å². The minimum atomic E-state index is -0.857. The quantitative estimate of drug-likeness (QED) is 0.729. The van der Waals surface area contributed by atoms with Crippen molar-refractivity contribution in [3.63, 3.8) is 0 Å². The van der Waals surface area contributed by atoms with Crippen LogP contribution in [0.5, 0.6) is 0 Å². The molecule has 1 fully saturated rings. The first-order chi connectivity index (χ1) is 8.87. The molecule has 0 bridgehead atoms. The van der Waals surface area contributed by atoms with Crippen molar-refractivity contribution in [2.75, 3.05) is 32.8 Å². The third-order valence-electron chi connectivity index (χ3n) is 3.75. The predicted octanol–water partition coefficient (Wildman–Crippen LogP) is 1.19. The molecule has 5 heteroatoms. The molecule has 0 amide bonds. The Morgan fingerprint density at radius 1 is 1.58 bits per heavy atom. The van der Waals surface area contributed by atoms with Crippen LogP contribution >= 0.6 is 0 Å². The lowest BCUT2D eigenvalue weighted by atomic mass is 9.99. The first-order valence-corrected chi connectivity index (χ1v) is 7.19. The molecule has 1 saturated heterocycles. The maximum atomic E-state index is 11.2. The van der Waals surface area contributed by atoms with Crippen LogP contribution in [-0.2, 0) is 9.53 Å². The van der Waals surface area contributed by atoms with Crippen molar-refractivity contribution in [3.8, 4) is 0 Å². The van der Waals surface area contributed by atoms with Crippen molar-refractivity contribution in [3.05, 3.63) is 0 Å². The smallest absolute Gasteiger partial charge is 0.323 e. The zero-order chi connectivity index (χ0) is 14.5. The third-order valence-corrected chi connectivity index (χ3v) is 3.75. The summed E-state index contributed by atoms with van der Waals surface area (Å²) in [7, 11) is 0. The Morgan fingerprint density at radius 2 is 2.26 bits per heavy atom. The van der Waals surface area contributed by atoms with Crippen LogP contribution in [0.15, 0.2) is 0 Å². The molecule has 1 rings (SSSR count). The fourth-order valence-corrected chi connectivity index (χ4v) is 2.28. The summed E-state index contributed by atoms with van der Waals surface area (Å²) in [5.41, 5.74) is -0.857. The Balaban J connectivity index is 2.42. The van der Waals surface area contributed by atoms with Gasteiger partial charge in [-0.2, -0.15) is 0 Å². The van der Waals surface area contributed by atoms with Crippen molar-refractivity contribution in [1.82, 2.24) is 10.2 Å². The Kier molecular flexibility index (Phi) is 6.23. The van der Waals surface area contributed by atoms with Crippen molar-refractivity contribution in [2.24, 2.45) is 5.92 Å². The fourth-order valence-electron chi connectivity index (χ4n) is 2.28. The van der Waals surface area contributed by atoms with E-state index in [0.29, 0.717) is 18.9 Å². The second kappa shape index (κ2) is 7.22. The van der Waals surface area contributed by atoms with Crippen LogP contribution in [0.25, 0.3) is 0 Å². The molecule has 2 N–H and O–H groups in total. The molecule has 0 aliphatic carbocycles. The Morgan fingerprint density at radius 3 is 2.79 bits per heavy atom. The van der Waals surface area contributed by atoms with E-state index in [2.05, 4.69) is 24.1 Å². The van der Waals surface area contributed by atoms with Crippen molar-refractivity contribution < 1.29 is 14.6 Å². The Labute approximate surface area is 116 Å². The molecular formula is C14H28N2O3. The summed E-state index contributed by atoms with van der Waals surface area (Å²) in [6.45, 7) is 12.3. The summed E-state index contributed by atoms with van der Waals surface area (Å²) in [6.07, 6.45) is 0.642. The van der Waals surface area contributed by atoms with Crippen LogP contribution in [0, 0.1) is 5.92 Å². The van der Waals surface area contributed by atoms with Gasteiger partial charge in [0.15, 0.2) is 0 Å². The monoisotopic (exact) mass is 272 g/mol. The molecule has 0 aromatic rings. The molecule has 0 radical (unpaired) electrons. The van der Waals surface area contributed by atoms with E-state index >= 15 is 0 Å². The summed E-state index contributed by atoms with van der Waals surface area (Å²) in [5, 5.41) is 12.4. The SMILES string of the molecule is CCC(C)(NCC1CN(CC(C)C)CCO1)C(=O)O. The Bertz CT molecular complexity index is 296. The van der Waals surface area contributed by atoms with Gasteiger partial charge in [0.2, 0.25) is 0 Å². The largest absolute Gasteiger partial charge is 0.480 e. The molecule has 1 aliphatic rings. The number of carboxylic acids is 1. The van der Waals surface area contributed by atoms with Gasteiger partial charge in [0, 0.05) is 26.2 Å². The lowest BCUT2D eigenvalue weighted by Crippen LogP contribution is -2.55. The standard InChI is InChI=1S/C14H28N2O3/c1-5-14(4,13(17)18)15-8-12-10-16(6-7-19-12)9-11(2)3/h11-12,15H,5-10H2,1-4H3,(H,17,18). The van der Waals surface area contributed by atoms with E-state index in [1.807, 2.05) is 6.92 Å². The summed E-state index contributed by atoms with van der Waals surface area (Å²) >= 11 is 0. The fraction of sp³-hybridized carbons (Fsp3) is 0.929. The molecule has 19 heavy (non-hydrogen) atoms. The minimum absolute atomic E-state index is 0.0812. The number of aliphatic carboxylic acids is 1. The predicted molar refractivity (Wildman–Crippen MR) is 75.4 cm³/mol. The van der Waals surface area contributed by atoms with Crippen LogP contribution in [0.2, 0.25) is 0 Å². The zero-order valence-corrected chi connectivity index (χ0v) is 12.6. The molecule has 0 spiro atoms. The highest BCUT2D eigenvalue weighted by atomic mass is 16.5. The van der Waals surface area contributed by atoms with Gasteiger partial charge in [0.1, 0.15) is 5.54 Å². The third kappa shape index (κ3) is 5.09. The normalized spacial score (nSPS) is 24.4. The lowest BCUT2D eigenvalue weighted by molar-refractivity contribution is -0.144. The van der Waals surface area contributed by atoms with Gasteiger partial charge in [-0.15, -0.1) is 0 Å². The van der Waals surface area contributed by atoms with E-state index in [9.17, 15) is 9.90 Å². The van der Waals surface area contributed by atoms with E-state index in [1.54, 1.807) is 6.92 Å². The molecule has 5 nitrogen and oxygen atoms in total. The summed E-state index contributed by atoms with van der Waals surface area (Å²) in [5.74, 6) is -0.156. The van der Waals surface area contributed by atoms with Gasteiger partial charge in [0.05, 0.1) is 12.7 Å². The maximum absolute atomic E-state index is 11.2. The molecule has 1 heterocycles. The number of morpholine rings is 1. The summed E-state index contributed by atoms with van der Waals surface area (Å²) in [4.78, 5) is 13.6. The van der Waals surface area contributed by atoms with Crippen LogP contribution in [-0.4, -0.2) is 60.4 Å². The van der Waals surface area contributed by atoms with Crippen LogP contribution in [0.3, 0.4) is 0 Å². The molecule has 0 aromatic heterocycles. The highest BCUT2D eigenvalue weighted by molar-refractivity contribution is 5.78. The van der Waals surface area contributed by atoms with Gasteiger partial charge in [-0.3, -0.25) is 15.0 Å². The number of hydrogen-bond donors (Lipinski definition) is 2. The first-order valence-electron chi connectivity index (χ1n) is 7.19. The number of rotatable bonds is 7. The molecule has 2 atom stereocenters. The maximum Gasteiger partial charge on any atom is 0.323 e. The van der Waals surface area contributed by atoms with Gasteiger partial charge in [-0.1, -0.05) is 20.8 Å². The second-order valence-corrected chi connectivity index (χ2v) is 6.02. The van der Waals surface area contributed by atoms with Crippen molar-refractivity contribution in [2.45, 2.75) is 45.8 Å². The highest BCUT2D eigenvalue weighted by Gasteiger charge is 2.32. The van der Waals surface area contributed by atoms with Gasteiger partial charge in [-0.25, -0.2) is 0 Å². The van der Waals surface area contributed by atoms with Crippen molar-refractivity contribution >= 4 is 5.97 Å². The first kappa shape index (κ1) is 16.4. The van der Waals surface area contributed by atoms with Crippen LogP contribution < -0.4 is 5.32 Å². The topological polar surface area (TPSA) is 61.8 Å². The van der Waals surface area contributed by atoms with E-state index in [4.69, 9.17) is 4.74 Å². The molecular weight excluding hydrogens is 244 g/mol. The molecule has 112 valence electrons. The zero-order valence-electron chi connectivity index (χ0n) is 12.6. The number of nitrogens with one attached hydrogen (secondary N) is 1. The Hall–Kier alpha value is -0.650. The number of carbonyl (C=O) groups is 1. The summed E-state index contributed by atoms with van der Waals surface area (Å²) in [6, 6.07) is 0. The molecule has 1 aliphatic heterocycles. The van der Waals surface area contributed by atoms with Gasteiger partial charge in [-0.05, 0) is 19.3 Å². The van der Waals surface area contributed by atoms with E-state index in [1.165, 1.54) is 0 Å². The average molecular weight is 272 g/mol. The number of nitrogens with zero attached hydrogens (tertiary/aromatic N) is 1. The van der Waals surface area contributed by atoms with E-state index in [0.717, 1.165) is 26.2 Å². The highest BCUT2D eigenvalue weighted by Crippen LogP contribution is 2.12. The number of hydrogen-bond acceptors (Lipinski definition) is 4. The molecule has 2 unspecified atom stereocenters. The average Bonchev–Trinajstić information content (AvgIpc) is 2.35. The lowest BCUT2D eigenvalue weighted by Gasteiger charge is -2.35. The number of carboxylic acid groups (broad SMARTS) is 1. The second-order valence-electron chi connectivity index (χ2n) is 6.02. The summed E-state index contributed by atoms with van der Waals surface area (Å²) < 4.78 is 5.71.